The quantitative estimate of drug-likeness (QED) is 0.887. The van der Waals surface area contributed by atoms with Crippen LogP contribution in [0.25, 0.3) is 0 Å². The molecule has 2 N–H and O–H groups in total. The molecule has 2 heterocycles. The highest BCUT2D eigenvalue weighted by molar-refractivity contribution is 9.11. The summed E-state index contributed by atoms with van der Waals surface area (Å²) in [5.41, 5.74) is 0.643. The minimum absolute atomic E-state index is 0.266. The average molecular weight is 354 g/mol. The molecule has 0 aromatic carbocycles. The molecule has 0 spiro atoms. The Labute approximate surface area is 128 Å². The molecule has 0 unspecified atom stereocenters. The smallest absolute Gasteiger partial charge is 0.262 e. The van der Waals surface area contributed by atoms with Crippen LogP contribution in [0.4, 0.5) is 5.69 Å². The minimum Gasteiger partial charge on any atom is -0.340 e. The van der Waals surface area contributed by atoms with Crippen molar-refractivity contribution in [1.82, 2.24) is 10.3 Å². The van der Waals surface area contributed by atoms with Crippen molar-refractivity contribution in [2.45, 2.75) is 13.0 Å². The molecule has 7 heteroatoms. The van der Waals surface area contributed by atoms with Gasteiger partial charge >= 0.3 is 0 Å². The minimum atomic E-state index is -0.628. The predicted molar refractivity (Wildman–Crippen MR) is 81.8 cm³/mol. The summed E-state index contributed by atoms with van der Waals surface area (Å²) >= 11 is 4.61. The fourth-order valence-corrected chi connectivity index (χ4v) is 2.74. The molecule has 0 fully saturated rings. The van der Waals surface area contributed by atoms with E-state index >= 15 is 0 Å². The molecule has 1 atom stereocenters. The highest BCUT2D eigenvalue weighted by Gasteiger charge is 2.17. The summed E-state index contributed by atoms with van der Waals surface area (Å²) in [7, 11) is 0. The van der Waals surface area contributed by atoms with Crippen LogP contribution < -0.4 is 10.6 Å². The van der Waals surface area contributed by atoms with Gasteiger partial charge in [0.05, 0.1) is 8.66 Å². The van der Waals surface area contributed by atoms with Gasteiger partial charge in [0.15, 0.2) is 0 Å². The van der Waals surface area contributed by atoms with Gasteiger partial charge < -0.3 is 10.6 Å². The van der Waals surface area contributed by atoms with Crippen LogP contribution in [0, 0.1) is 0 Å². The topological polar surface area (TPSA) is 71.1 Å². The van der Waals surface area contributed by atoms with Crippen LogP contribution in [0.5, 0.6) is 0 Å². The second-order valence-electron chi connectivity index (χ2n) is 4.02. The van der Waals surface area contributed by atoms with E-state index in [1.807, 2.05) is 0 Å². The Morgan fingerprint density at radius 3 is 2.55 bits per heavy atom. The highest BCUT2D eigenvalue weighted by Crippen LogP contribution is 2.21. The number of amides is 2. The van der Waals surface area contributed by atoms with Crippen molar-refractivity contribution >= 4 is 44.8 Å². The molecule has 0 bridgehead atoms. The molecule has 0 radical (unpaired) electrons. The molecule has 2 aromatic rings. The van der Waals surface area contributed by atoms with Crippen molar-refractivity contribution in [3.8, 4) is 0 Å². The first-order valence-electron chi connectivity index (χ1n) is 5.83. The lowest BCUT2D eigenvalue weighted by atomic mass is 10.3. The Morgan fingerprint density at radius 1 is 1.25 bits per heavy atom. The van der Waals surface area contributed by atoms with Gasteiger partial charge in [-0.1, -0.05) is 0 Å². The average Bonchev–Trinajstić information content (AvgIpc) is 2.86. The summed E-state index contributed by atoms with van der Waals surface area (Å²) in [5, 5.41) is 5.36. The number of nitrogens with zero attached hydrogens (tertiary/aromatic N) is 1. The Bertz CT molecular complexity index is 615. The van der Waals surface area contributed by atoms with Gasteiger partial charge in [0.2, 0.25) is 5.91 Å². The lowest BCUT2D eigenvalue weighted by Gasteiger charge is -2.13. The molecule has 0 saturated carbocycles. The zero-order valence-electron chi connectivity index (χ0n) is 10.6. The van der Waals surface area contributed by atoms with E-state index < -0.39 is 6.04 Å². The third kappa shape index (κ3) is 3.88. The molecule has 20 heavy (non-hydrogen) atoms. The van der Waals surface area contributed by atoms with E-state index in [1.165, 1.54) is 11.3 Å². The summed E-state index contributed by atoms with van der Waals surface area (Å²) in [4.78, 5) is 28.3. The van der Waals surface area contributed by atoms with Gasteiger partial charge in [-0.2, -0.15) is 0 Å². The first-order chi connectivity index (χ1) is 9.56. The monoisotopic (exact) mass is 353 g/mol. The fraction of sp³-hybridized carbons (Fsp3) is 0.154. The number of hydrogen-bond acceptors (Lipinski definition) is 4. The van der Waals surface area contributed by atoms with E-state index in [0.29, 0.717) is 10.6 Å². The third-order valence-electron chi connectivity index (χ3n) is 2.49. The van der Waals surface area contributed by atoms with Crippen molar-refractivity contribution in [3.05, 3.63) is 45.3 Å². The number of carbonyl (C=O) groups excluding carboxylic acids is 2. The van der Waals surface area contributed by atoms with Gasteiger partial charge in [-0.3, -0.25) is 14.6 Å². The summed E-state index contributed by atoms with van der Waals surface area (Å²) in [5.74, 6) is -0.543. The number of thiophene rings is 1. The number of hydrogen-bond donors (Lipinski definition) is 2. The molecule has 0 saturated heterocycles. The largest absolute Gasteiger partial charge is 0.340 e. The Morgan fingerprint density at radius 2 is 1.95 bits per heavy atom. The van der Waals surface area contributed by atoms with E-state index in [4.69, 9.17) is 0 Å². The Hall–Kier alpha value is -1.73. The van der Waals surface area contributed by atoms with Crippen LogP contribution in [0.15, 0.2) is 40.4 Å². The summed E-state index contributed by atoms with van der Waals surface area (Å²) in [6, 6.07) is 6.24. The van der Waals surface area contributed by atoms with Crippen molar-refractivity contribution in [2.24, 2.45) is 0 Å². The molecule has 2 aromatic heterocycles. The van der Waals surface area contributed by atoms with Gasteiger partial charge in [-0.15, -0.1) is 11.3 Å². The van der Waals surface area contributed by atoms with Crippen LogP contribution in [0.3, 0.4) is 0 Å². The van der Waals surface area contributed by atoms with E-state index in [0.717, 1.165) is 3.79 Å². The molecular weight excluding hydrogens is 342 g/mol. The lowest BCUT2D eigenvalue weighted by molar-refractivity contribution is -0.117. The standard InChI is InChI=1S/C13H12BrN3O2S/c1-8(12(18)17-9-4-6-15-7-5-9)16-13(19)10-2-3-11(14)20-10/h2-8H,1H3,(H,16,19)(H,15,17,18)/t8-/m0/s1. The molecule has 5 nitrogen and oxygen atoms in total. The van der Waals surface area contributed by atoms with Crippen molar-refractivity contribution < 1.29 is 9.59 Å². The maximum atomic E-state index is 11.9. The van der Waals surface area contributed by atoms with Crippen LogP contribution in [0.1, 0.15) is 16.6 Å². The Kier molecular flexibility index (Phi) is 4.86. The number of carbonyl (C=O) groups is 2. The number of pyridine rings is 1. The zero-order chi connectivity index (χ0) is 14.5. The van der Waals surface area contributed by atoms with Gasteiger partial charge in [-0.25, -0.2) is 0 Å². The second kappa shape index (κ2) is 6.62. The summed E-state index contributed by atoms with van der Waals surface area (Å²) in [6.45, 7) is 1.64. The number of aromatic nitrogens is 1. The van der Waals surface area contributed by atoms with Gasteiger partial charge in [0.25, 0.3) is 5.91 Å². The summed E-state index contributed by atoms with van der Waals surface area (Å²) in [6.07, 6.45) is 3.17. The second-order valence-corrected chi connectivity index (χ2v) is 6.49. The van der Waals surface area contributed by atoms with Crippen LogP contribution >= 0.6 is 27.3 Å². The van der Waals surface area contributed by atoms with Crippen LogP contribution in [-0.4, -0.2) is 22.8 Å². The van der Waals surface area contributed by atoms with E-state index in [2.05, 4.69) is 31.5 Å². The van der Waals surface area contributed by atoms with E-state index in [9.17, 15) is 9.59 Å². The summed E-state index contributed by atoms with van der Waals surface area (Å²) < 4.78 is 0.872. The number of anilines is 1. The van der Waals surface area contributed by atoms with Gasteiger partial charge in [0, 0.05) is 18.1 Å². The predicted octanol–water partition coefficient (Wildman–Crippen LogP) is 2.66. The van der Waals surface area contributed by atoms with Crippen molar-refractivity contribution in [1.29, 1.82) is 0 Å². The lowest BCUT2D eigenvalue weighted by Crippen LogP contribution is -2.41. The fourth-order valence-electron chi connectivity index (χ4n) is 1.46. The molecule has 2 amide bonds. The molecule has 104 valence electrons. The zero-order valence-corrected chi connectivity index (χ0v) is 13.0. The first-order valence-corrected chi connectivity index (χ1v) is 7.44. The van der Waals surface area contributed by atoms with Gasteiger partial charge in [0.1, 0.15) is 6.04 Å². The number of halogens is 1. The third-order valence-corrected chi connectivity index (χ3v) is 4.11. The molecule has 0 aliphatic heterocycles. The van der Waals surface area contributed by atoms with Crippen molar-refractivity contribution in [3.63, 3.8) is 0 Å². The van der Waals surface area contributed by atoms with Crippen LogP contribution in [0.2, 0.25) is 0 Å². The highest BCUT2D eigenvalue weighted by atomic mass is 79.9. The molecular formula is C13H12BrN3O2S. The van der Waals surface area contributed by atoms with E-state index in [1.54, 1.807) is 43.6 Å². The number of rotatable bonds is 4. The van der Waals surface area contributed by atoms with E-state index in [-0.39, 0.29) is 11.8 Å². The molecule has 2 rings (SSSR count). The Balaban J connectivity index is 1.93. The van der Waals surface area contributed by atoms with Crippen molar-refractivity contribution in [2.75, 3.05) is 5.32 Å². The SMILES string of the molecule is C[C@H](NC(=O)c1ccc(Br)s1)C(=O)Nc1ccncc1. The van der Waals surface area contributed by atoms with Gasteiger partial charge in [-0.05, 0) is 47.1 Å². The van der Waals surface area contributed by atoms with Crippen LogP contribution in [-0.2, 0) is 4.79 Å². The first kappa shape index (κ1) is 14.7. The molecule has 0 aliphatic carbocycles. The normalized spacial score (nSPS) is 11.7. The maximum absolute atomic E-state index is 11.9. The maximum Gasteiger partial charge on any atom is 0.262 e. The number of nitrogens with one attached hydrogen (secondary N) is 2. The molecule has 0 aliphatic rings.